The minimum absolute atomic E-state index is 0.111. The van der Waals surface area contributed by atoms with E-state index < -0.39 is 11.5 Å². The van der Waals surface area contributed by atoms with Gasteiger partial charge in [-0.3, -0.25) is 9.59 Å². The fourth-order valence-corrected chi connectivity index (χ4v) is 4.40. The van der Waals surface area contributed by atoms with Crippen molar-refractivity contribution in [2.45, 2.75) is 70.4 Å². The lowest BCUT2D eigenvalue weighted by Gasteiger charge is -2.28. The van der Waals surface area contributed by atoms with E-state index in [4.69, 9.17) is 4.74 Å². The third-order valence-electron chi connectivity index (χ3n) is 5.64. The van der Waals surface area contributed by atoms with Gasteiger partial charge in [-0.15, -0.1) is 0 Å². The Labute approximate surface area is 148 Å². The van der Waals surface area contributed by atoms with Crippen LogP contribution in [-0.4, -0.2) is 40.3 Å². The Bertz CT molecular complexity index is 653. The highest BCUT2D eigenvalue weighted by molar-refractivity contribution is 5.96. The molecule has 1 aliphatic carbocycles. The maximum atomic E-state index is 12.9. The van der Waals surface area contributed by atoms with Crippen molar-refractivity contribution in [3.8, 4) is 0 Å². The number of rotatable bonds is 5. The van der Waals surface area contributed by atoms with Crippen molar-refractivity contribution in [1.29, 1.82) is 0 Å². The number of hydrogen-bond donors (Lipinski definition) is 2. The molecule has 0 bridgehead atoms. The van der Waals surface area contributed by atoms with Crippen LogP contribution in [0, 0.1) is 13.8 Å². The van der Waals surface area contributed by atoms with Crippen molar-refractivity contribution in [3.63, 3.8) is 0 Å². The molecule has 1 aliphatic heterocycles. The largest absolute Gasteiger partial charge is 0.481 e. The molecule has 138 valence electrons. The molecule has 1 atom stereocenters. The molecule has 2 fully saturated rings. The zero-order valence-electron chi connectivity index (χ0n) is 15.1. The Balaban J connectivity index is 1.81. The van der Waals surface area contributed by atoms with Gasteiger partial charge in [-0.2, -0.15) is 0 Å². The number of aliphatic carboxylic acids is 1. The normalized spacial score (nSPS) is 24.4. The van der Waals surface area contributed by atoms with E-state index in [-0.39, 0.29) is 18.9 Å². The average molecular weight is 348 g/mol. The highest BCUT2D eigenvalue weighted by atomic mass is 16.5. The van der Waals surface area contributed by atoms with E-state index in [0.717, 1.165) is 24.2 Å². The smallest absolute Gasteiger partial charge is 0.305 e. The zero-order valence-corrected chi connectivity index (χ0v) is 15.1. The van der Waals surface area contributed by atoms with Gasteiger partial charge in [0.25, 0.3) is 5.91 Å². The lowest BCUT2D eigenvalue weighted by atomic mass is 9.93. The number of carboxylic acid groups (broad SMARTS) is 1. The van der Waals surface area contributed by atoms with Gasteiger partial charge in [-0.1, -0.05) is 19.3 Å². The molecule has 2 aliphatic rings. The Kier molecular flexibility index (Phi) is 5.18. The SMILES string of the molecule is Cc1cc(C(=O)NC2(CC(=O)O)CCOC2)c(C)n1C1CCCCC1. The number of carbonyl (C=O) groups excluding carboxylic acids is 1. The fourth-order valence-electron chi connectivity index (χ4n) is 4.40. The van der Waals surface area contributed by atoms with Crippen molar-refractivity contribution < 1.29 is 19.4 Å². The summed E-state index contributed by atoms with van der Waals surface area (Å²) in [5, 5.41) is 12.2. The first-order chi connectivity index (χ1) is 11.9. The van der Waals surface area contributed by atoms with Crippen LogP contribution in [0.3, 0.4) is 0 Å². The van der Waals surface area contributed by atoms with Crippen molar-refractivity contribution >= 4 is 11.9 Å². The maximum Gasteiger partial charge on any atom is 0.305 e. The number of carboxylic acids is 1. The van der Waals surface area contributed by atoms with Crippen LogP contribution >= 0.6 is 0 Å². The van der Waals surface area contributed by atoms with E-state index in [1.165, 1.54) is 19.3 Å². The molecule has 1 saturated carbocycles. The van der Waals surface area contributed by atoms with Gasteiger partial charge >= 0.3 is 5.97 Å². The second kappa shape index (κ2) is 7.20. The first-order valence-corrected chi connectivity index (χ1v) is 9.22. The highest BCUT2D eigenvalue weighted by Gasteiger charge is 2.39. The predicted molar refractivity (Wildman–Crippen MR) is 93.9 cm³/mol. The van der Waals surface area contributed by atoms with Crippen LogP contribution in [0.25, 0.3) is 0 Å². The summed E-state index contributed by atoms with van der Waals surface area (Å²) >= 11 is 0. The van der Waals surface area contributed by atoms with Crippen molar-refractivity contribution in [3.05, 3.63) is 23.0 Å². The third-order valence-corrected chi connectivity index (χ3v) is 5.64. The Morgan fingerprint density at radius 2 is 2.04 bits per heavy atom. The van der Waals surface area contributed by atoms with Crippen LogP contribution < -0.4 is 5.32 Å². The lowest BCUT2D eigenvalue weighted by Crippen LogP contribution is -2.50. The molecular formula is C19H28N2O4. The molecule has 0 spiro atoms. The minimum atomic E-state index is -0.918. The predicted octanol–water partition coefficient (Wildman–Crippen LogP) is 2.97. The van der Waals surface area contributed by atoms with Crippen LogP contribution in [0.1, 0.15) is 72.7 Å². The molecular weight excluding hydrogens is 320 g/mol. The summed E-state index contributed by atoms with van der Waals surface area (Å²) in [7, 11) is 0. The van der Waals surface area contributed by atoms with Crippen molar-refractivity contribution in [2.75, 3.05) is 13.2 Å². The van der Waals surface area contributed by atoms with Gasteiger partial charge in [-0.25, -0.2) is 0 Å². The molecule has 1 aromatic rings. The van der Waals surface area contributed by atoms with Crippen molar-refractivity contribution in [2.24, 2.45) is 0 Å². The standard InChI is InChI=1S/C19H28N2O4/c1-13-10-16(14(2)21(13)15-6-4-3-5-7-15)18(24)20-19(11-17(22)23)8-9-25-12-19/h10,15H,3-9,11-12H2,1-2H3,(H,20,24)(H,22,23). The Morgan fingerprint density at radius 3 is 2.64 bits per heavy atom. The van der Waals surface area contributed by atoms with Crippen LogP contribution in [0.4, 0.5) is 0 Å². The molecule has 25 heavy (non-hydrogen) atoms. The van der Waals surface area contributed by atoms with Crippen LogP contribution in [0.5, 0.6) is 0 Å². The number of amides is 1. The summed E-state index contributed by atoms with van der Waals surface area (Å²) in [6, 6.07) is 2.40. The first-order valence-electron chi connectivity index (χ1n) is 9.22. The summed E-state index contributed by atoms with van der Waals surface area (Å²) in [5.41, 5.74) is 1.94. The van der Waals surface area contributed by atoms with E-state index >= 15 is 0 Å². The zero-order chi connectivity index (χ0) is 18.0. The quantitative estimate of drug-likeness (QED) is 0.857. The highest BCUT2D eigenvalue weighted by Crippen LogP contribution is 2.32. The van der Waals surface area contributed by atoms with Gasteiger partial charge in [0.15, 0.2) is 0 Å². The van der Waals surface area contributed by atoms with Gasteiger partial charge in [0, 0.05) is 24.0 Å². The topological polar surface area (TPSA) is 80.6 Å². The molecule has 1 amide bonds. The van der Waals surface area contributed by atoms with Gasteiger partial charge in [-0.05, 0) is 39.2 Å². The van der Waals surface area contributed by atoms with Gasteiger partial charge in [0.05, 0.1) is 24.1 Å². The second-order valence-electron chi connectivity index (χ2n) is 7.55. The number of aryl methyl sites for hydroxylation is 1. The fraction of sp³-hybridized carbons (Fsp3) is 0.684. The number of hydrogen-bond acceptors (Lipinski definition) is 3. The maximum absolute atomic E-state index is 12.9. The van der Waals surface area contributed by atoms with Gasteiger partial charge in [0.1, 0.15) is 0 Å². The van der Waals surface area contributed by atoms with E-state index in [0.29, 0.717) is 24.6 Å². The van der Waals surface area contributed by atoms with E-state index in [2.05, 4.69) is 9.88 Å². The second-order valence-corrected chi connectivity index (χ2v) is 7.55. The summed E-state index contributed by atoms with van der Waals surface area (Å²) in [6.07, 6.45) is 6.51. The summed E-state index contributed by atoms with van der Waals surface area (Å²) in [6.45, 7) is 4.77. The Morgan fingerprint density at radius 1 is 1.32 bits per heavy atom. The third kappa shape index (κ3) is 3.73. The molecule has 1 aromatic heterocycles. The first kappa shape index (κ1) is 18.0. The van der Waals surface area contributed by atoms with Gasteiger partial charge in [0.2, 0.25) is 0 Å². The average Bonchev–Trinajstić information content (AvgIpc) is 3.12. The van der Waals surface area contributed by atoms with E-state index in [1.54, 1.807) is 0 Å². The number of carbonyl (C=O) groups is 2. The molecule has 2 N–H and O–H groups in total. The molecule has 2 heterocycles. The van der Waals surface area contributed by atoms with Crippen LogP contribution in [-0.2, 0) is 9.53 Å². The summed E-state index contributed by atoms with van der Waals surface area (Å²) in [4.78, 5) is 24.1. The molecule has 6 nitrogen and oxygen atoms in total. The number of nitrogens with one attached hydrogen (secondary N) is 1. The van der Waals surface area contributed by atoms with E-state index in [1.807, 2.05) is 19.9 Å². The summed E-state index contributed by atoms with van der Waals surface area (Å²) < 4.78 is 7.66. The van der Waals surface area contributed by atoms with Gasteiger partial charge < -0.3 is 19.7 Å². The number of ether oxygens (including phenoxy) is 1. The number of aromatic nitrogens is 1. The molecule has 6 heteroatoms. The minimum Gasteiger partial charge on any atom is -0.481 e. The lowest BCUT2D eigenvalue weighted by molar-refractivity contribution is -0.138. The molecule has 0 aromatic carbocycles. The van der Waals surface area contributed by atoms with Crippen LogP contribution in [0.2, 0.25) is 0 Å². The van der Waals surface area contributed by atoms with E-state index in [9.17, 15) is 14.7 Å². The number of nitrogens with zero attached hydrogens (tertiary/aromatic N) is 1. The molecule has 1 saturated heterocycles. The van der Waals surface area contributed by atoms with Crippen LogP contribution in [0.15, 0.2) is 6.07 Å². The molecule has 0 radical (unpaired) electrons. The summed E-state index contributed by atoms with van der Waals surface area (Å²) in [5.74, 6) is -1.11. The molecule has 3 rings (SSSR count). The van der Waals surface area contributed by atoms with Crippen molar-refractivity contribution in [1.82, 2.24) is 9.88 Å². The monoisotopic (exact) mass is 348 g/mol. The molecule has 1 unspecified atom stereocenters. The Hall–Kier alpha value is -1.82.